The predicted molar refractivity (Wildman–Crippen MR) is 201 cm³/mol. The van der Waals surface area contributed by atoms with Gasteiger partial charge in [0, 0.05) is 36.1 Å². The number of anilines is 6. The Morgan fingerprint density at radius 2 is 1.24 bits per heavy atom. The number of benzene rings is 3. The van der Waals surface area contributed by atoms with E-state index in [0.717, 1.165) is 59.2 Å². The summed E-state index contributed by atoms with van der Waals surface area (Å²) < 4.78 is 1.62. The maximum atomic E-state index is 6.97. The van der Waals surface area contributed by atoms with Crippen molar-refractivity contribution in [1.82, 2.24) is 0 Å². The average molecular weight is 634 g/mol. The van der Waals surface area contributed by atoms with E-state index < -0.39 is 0 Å². The minimum Gasteiger partial charge on any atom is -0.383 e. The van der Waals surface area contributed by atoms with Crippen LogP contribution in [0.1, 0.15) is 116 Å². The first kappa shape index (κ1) is 36.4. The Balaban J connectivity index is 1.82. The standard InChI is InChI=1S/C39H60ClN5/c1-5-8-10-11-12-13-14-15-16-23-29-41-39-36(42-31-33(7-3)24-9-6-2)30-37(45(40)44-35-27-21-18-22-28-35)32(4)38(39)43-34-25-19-17-20-26-34/h17-22,25-28,30,33,41-44H,5-16,23-24,29,31H2,1-4H3. The van der Waals surface area contributed by atoms with E-state index in [9.17, 15) is 0 Å². The van der Waals surface area contributed by atoms with Gasteiger partial charge in [-0.1, -0.05) is 134 Å². The van der Waals surface area contributed by atoms with Gasteiger partial charge in [0.1, 0.15) is 0 Å². The summed E-state index contributed by atoms with van der Waals surface area (Å²) in [4.78, 5) is 0. The molecule has 0 spiro atoms. The first-order valence-electron chi connectivity index (χ1n) is 17.8. The number of halogens is 1. The van der Waals surface area contributed by atoms with E-state index in [0.29, 0.717) is 5.92 Å². The van der Waals surface area contributed by atoms with Crippen LogP contribution < -0.4 is 25.9 Å². The highest BCUT2D eigenvalue weighted by Crippen LogP contribution is 2.42. The molecule has 5 nitrogen and oxygen atoms in total. The van der Waals surface area contributed by atoms with Crippen LogP contribution in [0.15, 0.2) is 66.7 Å². The van der Waals surface area contributed by atoms with Crippen molar-refractivity contribution in [3.8, 4) is 0 Å². The molecule has 0 aliphatic rings. The Kier molecular flexibility index (Phi) is 17.5. The second kappa shape index (κ2) is 21.6. The lowest BCUT2D eigenvalue weighted by Gasteiger charge is -2.27. The molecule has 0 fully saturated rings. The van der Waals surface area contributed by atoms with Gasteiger partial charge in [-0.05, 0) is 56.0 Å². The van der Waals surface area contributed by atoms with Gasteiger partial charge in [0.15, 0.2) is 0 Å². The molecule has 0 radical (unpaired) electrons. The Hall–Kier alpha value is -3.05. The van der Waals surface area contributed by atoms with Crippen LogP contribution in [0.4, 0.5) is 34.1 Å². The fourth-order valence-electron chi connectivity index (χ4n) is 5.83. The van der Waals surface area contributed by atoms with Crippen molar-refractivity contribution in [3.63, 3.8) is 0 Å². The number of rotatable bonds is 24. The van der Waals surface area contributed by atoms with Gasteiger partial charge in [0.2, 0.25) is 0 Å². The molecule has 0 bridgehead atoms. The van der Waals surface area contributed by atoms with Crippen LogP contribution >= 0.6 is 11.8 Å². The van der Waals surface area contributed by atoms with Gasteiger partial charge in [-0.3, -0.25) is 5.43 Å². The molecule has 248 valence electrons. The number of nitrogens with zero attached hydrogens (tertiary/aromatic N) is 1. The molecule has 0 aliphatic carbocycles. The number of para-hydroxylation sites is 2. The molecule has 3 aromatic rings. The molecule has 0 amide bonds. The summed E-state index contributed by atoms with van der Waals surface area (Å²) in [6.07, 6.45) is 18.3. The smallest absolute Gasteiger partial charge is 0.0832 e. The van der Waals surface area contributed by atoms with Crippen LogP contribution in [0.3, 0.4) is 0 Å². The first-order chi connectivity index (χ1) is 22.1. The number of hydrogen-bond acceptors (Lipinski definition) is 5. The highest BCUT2D eigenvalue weighted by molar-refractivity contribution is 6.27. The molecule has 1 unspecified atom stereocenters. The molecule has 45 heavy (non-hydrogen) atoms. The number of hydrogen-bond donors (Lipinski definition) is 4. The van der Waals surface area contributed by atoms with Crippen molar-refractivity contribution in [2.75, 3.05) is 39.0 Å². The molecular weight excluding hydrogens is 574 g/mol. The third-order valence-corrected chi connectivity index (χ3v) is 9.04. The molecule has 6 heteroatoms. The van der Waals surface area contributed by atoms with Crippen LogP contribution in [0, 0.1) is 12.8 Å². The minimum absolute atomic E-state index is 0.629. The Bertz CT molecular complexity index is 1190. The Labute approximate surface area is 280 Å². The van der Waals surface area contributed by atoms with Crippen molar-refractivity contribution in [3.05, 3.63) is 72.3 Å². The van der Waals surface area contributed by atoms with E-state index in [-0.39, 0.29) is 0 Å². The van der Waals surface area contributed by atoms with Gasteiger partial charge in [-0.2, -0.15) is 4.53 Å². The maximum Gasteiger partial charge on any atom is 0.0832 e. The summed E-state index contributed by atoms with van der Waals surface area (Å²) in [6.45, 7) is 10.9. The Morgan fingerprint density at radius 3 is 1.84 bits per heavy atom. The lowest BCUT2D eigenvalue weighted by atomic mass is 9.99. The van der Waals surface area contributed by atoms with E-state index in [1.54, 1.807) is 4.53 Å². The molecule has 0 aliphatic heterocycles. The number of hydrazine groups is 1. The molecular formula is C39H60ClN5. The zero-order chi connectivity index (χ0) is 32.1. The van der Waals surface area contributed by atoms with E-state index in [4.69, 9.17) is 11.8 Å². The first-order valence-corrected chi connectivity index (χ1v) is 18.2. The van der Waals surface area contributed by atoms with Gasteiger partial charge < -0.3 is 16.0 Å². The molecule has 0 saturated carbocycles. The quantitative estimate of drug-likeness (QED) is 0.0449. The molecule has 0 aromatic heterocycles. The fraction of sp³-hybridized carbons (Fsp3) is 0.538. The largest absolute Gasteiger partial charge is 0.383 e. The third kappa shape index (κ3) is 13.1. The molecule has 4 N–H and O–H groups in total. The van der Waals surface area contributed by atoms with Gasteiger partial charge in [-0.25, -0.2) is 0 Å². The number of nitrogens with one attached hydrogen (secondary N) is 4. The van der Waals surface area contributed by atoms with Crippen molar-refractivity contribution in [2.24, 2.45) is 5.92 Å². The maximum absolute atomic E-state index is 6.97. The second-order valence-electron chi connectivity index (χ2n) is 12.5. The molecule has 0 heterocycles. The monoisotopic (exact) mass is 633 g/mol. The van der Waals surface area contributed by atoms with Crippen LogP contribution in [-0.4, -0.2) is 13.1 Å². The van der Waals surface area contributed by atoms with Gasteiger partial charge in [0.25, 0.3) is 0 Å². The third-order valence-electron chi connectivity index (χ3n) is 8.77. The van der Waals surface area contributed by atoms with Crippen LogP contribution in [0.2, 0.25) is 0 Å². The van der Waals surface area contributed by atoms with E-state index >= 15 is 0 Å². The summed E-state index contributed by atoms with van der Waals surface area (Å²) in [5.74, 6) is 0.629. The lowest BCUT2D eigenvalue weighted by Crippen LogP contribution is -2.21. The average Bonchev–Trinajstić information content (AvgIpc) is 3.06. The fourth-order valence-corrected chi connectivity index (χ4v) is 6.10. The van der Waals surface area contributed by atoms with E-state index in [1.165, 1.54) is 83.5 Å². The Morgan fingerprint density at radius 1 is 0.667 bits per heavy atom. The minimum atomic E-state index is 0.629. The van der Waals surface area contributed by atoms with Gasteiger partial charge in [0.05, 0.1) is 28.4 Å². The molecule has 3 aromatic carbocycles. The van der Waals surface area contributed by atoms with Crippen molar-refractivity contribution in [1.29, 1.82) is 0 Å². The molecule has 1 atom stereocenters. The van der Waals surface area contributed by atoms with Crippen molar-refractivity contribution >= 4 is 45.9 Å². The summed E-state index contributed by atoms with van der Waals surface area (Å²) in [6, 6.07) is 22.7. The summed E-state index contributed by atoms with van der Waals surface area (Å²) in [5.41, 5.74) is 10.6. The van der Waals surface area contributed by atoms with E-state index in [1.807, 2.05) is 30.3 Å². The highest BCUT2D eigenvalue weighted by Gasteiger charge is 2.20. The summed E-state index contributed by atoms with van der Waals surface area (Å²) >= 11 is 6.97. The predicted octanol–water partition coefficient (Wildman–Crippen LogP) is 12.7. The van der Waals surface area contributed by atoms with Gasteiger partial charge >= 0.3 is 0 Å². The van der Waals surface area contributed by atoms with Crippen LogP contribution in [0.25, 0.3) is 0 Å². The number of unbranched alkanes of at least 4 members (excludes halogenated alkanes) is 10. The highest BCUT2D eigenvalue weighted by atomic mass is 35.5. The van der Waals surface area contributed by atoms with Gasteiger partial charge in [-0.15, -0.1) is 0 Å². The SMILES string of the molecule is CCCCCCCCCCCCNc1c(NCC(CC)CCCC)cc(N(Cl)Nc2ccccc2)c(C)c1Nc1ccccc1. The van der Waals surface area contributed by atoms with E-state index in [2.05, 4.69) is 85.5 Å². The van der Waals surface area contributed by atoms with Crippen molar-refractivity contribution < 1.29 is 0 Å². The molecule has 0 saturated heterocycles. The lowest BCUT2D eigenvalue weighted by molar-refractivity contribution is 0.473. The zero-order valence-corrected chi connectivity index (χ0v) is 29.3. The summed E-state index contributed by atoms with van der Waals surface area (Å²) in [7, 11) is 0. The molecule has 3 rings (SSSR count). The van der Waals surface area contributed by atoms with Crippen LogP contribution in [-0.2, 0) is 0 Å². The van der Waals surface area contributed by atoms with Crippen molar-refractivity contribution in [2.45, 2.75) is 118 Å². The summed E-state index contributed by atoms with van der Waals surface area (Å²) in [5, 5.41) is 11.5. The topological polar surface area (TPSA) is 51.4 Å². The second-order valence-corrected chi connectivity index (χ2v) is 12.8. The van der Waals surface area contributed by atoms with Crippen LogP contribution in [0.5, 0.6) is 0 Å². The zero-order valence-electron chi connectivity index (χ0n) is 28.6. The normalized spacial score (nSPS) is 11.7.